The second-order valence-corrected chi connectivity index (χ2v) is 6.08. The van der Waals surface area contributed by atoms with Gasteiger partial charge in [0.2, 0.25) is 0 Å². The van der Waals surface area contributed by atoms with E-state index in [-0.39, 0.29) is 5.52 Å². The van der Waals surface area contributed by atoms with Crippen LogP contribution in [0, 0.1) is 0 Å². The molecular weight excluding hydrogens is 352 g/mol. The van der Waals surface area contributed by atoms with Crippen LogP contribution in [0.4, 0.5) is 13.2 Å². The van der Waals surface area contributed by atoms with Crippen molar-refractivity contribution in [3.63, 3.8) is 0 Å². The first kappa shape index (κ1) is 14.2. The van der Waals surface area contributed by atoms with Crippen LogP contribution in [0.3, 0.4) is 0 Å². The van der Waals surface area contributed by atoms with Gasteiger partial charge in [0.15, 0.2) is 5.75 Å². The van der Waals surface area contributed by atoms with Gasteiger partial charge in [-0.25, -0.2) is 4.52 Å². The fourth-order valence-corrected chi connectivity index (χ4v) is 2.29. The smallest absolute Gasteiger partial charge is 0.374 e. The molecule has 0 aromatic carbocycles. The van der Waals surface area contributed by atoms with Crippen molar-refractivity contribution in [1.82, 2.24) is 9.61 Å². The van der Waals surface area contributed by atoms with Crippen molar-refractivity contribution in [1.29, 1.82) is 0 Å². The first-order chi connectivity index (χ1) is 8.62. The van der Waals surface area contributed by atoms with Crippen LogP contribution in [-0.4, -0.2) is 31.4 Å². The van der Waals surface area contributed by atoms with Crippen LogP contribution in [0.15, 0.2) is 22.9 Å². The number of hydrogen-bond acceptors (Lipinski definition) is 4. The number of rotatable bonds is 2. The second-order valence-electron chi connectivity index (χ2n) is 3.63. The number of pyridine rings is 1. The quantitative estimate of drug-likeness (QED) is 0.449. The molecule has 0 N–H and O–H groups in total. The average molecular weight is 357 g/mol. The highest BCUT2D eigenvalue weighted by molar-refractivity contribution is 9.10. The molecule has 0 unspecified atom stereocenters. The van der Waals surface area contributed by atoms with Crippen LogP contribution in [0.25, 0.3) is 5.52 Å². The summed E-state index contributed by atoms with van der Waals surface area (Å²) in [6.45, 7) is 0. The molecule has 0 amide bonds. The Morgan fingerprint density at radius 3 is 2.63 bits per heavy atom. The molecule has 0 fully saturated rings. The molecule has 0 saturated carbocycles. The van der Waals surface area contributed by atoms with E-state index in [9.17, 15) is 21.6 Å². The normalized spacial score (nSPS) is 12.8. The SMILES string of the molecule is Bc1cnn2cc(Br)cc(OS(=O)(=O)C(F)(F)F)c12. The van der Waals surface area contributed by atoms with E-state index >= 15 is 0 Å². The molecule has 102 valence electrons. The molecule has 2 aromatic rings. The summed E-state index contributed by atoms with van der Waals surface area (Å²) in [5, 5.41) is 3.86. The standard InChI is InChI=1S/C8H5BBrF3N2O3S/c9-5-2-14-15-3-4(10)1-6(7(5)15)18-19(16,17)8(11,12)13/h1-3H,9H2. The predicted octanol–water partition coefficient (Wildman–Crippen LogP) is 0.584. The molecule has 0 aliphatic rings. The maximum absolute atomic E-state index is 12.3. The van der Waals surface area contributed by atoms with Crippen LogP contribution in [0.2, 0.25) is 0 Å². The van der Waals surface area contributed by atoms with Crippen LogP contribution >= 0.6 is 15.9 Å². The van der Waals surface area contributed by atoms with E-state index in [1.54, 1.807) is 7.85 Å². The fourth-order valence-electron chi connectivity index (χ4n) is 1.43. The van der Waals surface area contributed by atoms with E-state index in [1.165, 1.54) is 16.9 Å². The van der Waals surface area contributed by atoms with Crippen molar-refractivity contribution in [2.75, 3.05) is 0 Å². The summed E-state index contributed by atoms with van der Waals surface area (Å²) in [4.78, 5) is 0. The molecule has 0 spiro atoms. The van der Waals surface area contributed by atoms with E-state index in [4.69, 9.17) is 0 Å². The zero-order valence-corrected chi connectivity index (χ0v) is 11.7. The molecule has 2 aromatic heterocycles. The van der Waals surface area contributed by atoms with E-state index in [0.717, 1.165) is 6.07 Å². The van der Waals surface area contributed by atoms with Gasteiger partial charge in [0, 0.05) is 16.9 Å². The molecule has 2 rings (SSSR count). The molecule has 2 heterocycles. The first-order valence-electron chi connectivity index (χ1n) is 4.76. The van der Waals surface area contributed by atoms with Gasteiger partial charge in [-0.2, -0.15) is 26.7 Å². The Morgan fingerprint density at radius 1 is 1.42 bits per heavy atom. The number of aromatic nitrogens is 2. The van der Waals surface area contributed by atoms with Gasteiger partial charge < -0.3 is 4.18 Å². The zero-order chi connectivity index (χ0) is 14.4. The second kappa shape index (κ2) is 4.41. The summed E-state index contributed by atoms with van der Waals surface area (Å²) in [6, 6.07) is 1.13. The lowest BCUT2D eigenvalue weighted by Gasteiger charge is -2.11. The van der Waals surface area contributed by atoms with Gasteiger partial charge in [-0.3, -0.25) is 0 Å². The molecule has 0 atom stereocenters. The number of hydrogen-bond donors (Lipinski definition) is 0. The van der Waals surface area contributed by atoms with Gasteiger partial charge in [-0.05, 0) is 27.5 Å². The number of fused-ring (bicyclic) bond motifs is 1. The third-order valence-corrected chi connectivity index (χ3v) is 3.61. The Labute approximate surface area is 115 Å². The lowest BCUT2D eigenvalue weighted by Crippen LogP contribution is -2.28. The Balaban J connectivity index is 2.61. The first-order valence-corrected chi connectivity index (χ1v) is 6.96. The molecular formula is C8H5BBrF3N2O3S. The van der Waals surface area contributed by atoms with Crippen LogP contribution in [0.1, 0.15) is 0 Å². The lowest BCUT2D eigenvalue weighted by atomic mass is 9.98. The Morgan fingerprint density at radius 2 is 2.05 bits per heavy atom. The van der Waals surface area contributed by atoms with E-state index in [1.807, 2.05) is 0 Å². The van der Waals surface area contributed by atoms with Gasteiger partial charge in [0.1, 0.15) is 13.4 Å². The molecule has 11 heteroatoms. The molecule has 19 heavy (non-hydrogen) atoms. The Hall–Kier alpha value is -1.23. The van der Waals surface area contributed by atoms with Gasteiger partial charge >= 0.3 is 15.6 Å². The van der Waals surface area contributed by atoms with E-state index in [2.05, 4.69) is 25.2 Å². The summed E-state index contributed by atoms with van der Waals surface area (Å²) in [7, 11) is -4.14. The number of alkyl halides is 3. The van der Waals surface area contributed by atoms with E-state index in [0.29, 0.717) is 9.94 Å². The molecule has 0 radical (unpaired) electrons. The minimum Gasteiger partial charge on any atom is -0.374 e. The molecule has 0 bridgehead atoms. The monoisotopic (exact) mass is 356 g/mol. The highest BCUT2D eigenvalue weighted by Crippen LogP contribution is 2.30. The molecule has 5 nitrogen and oxygen atoms in total. The predicted molar refractivity (Wildman–Crippen MR) is 66.7 cm³/mol. The van der Waals surface area contributed by atoms with Gasteiger partial charge in [-0.1, -0.05) is 0 Å². The van der Waals surface area contributed by atoms with Gasteiger partial charge in [-0.15, -0.1) is 0 Å². The number of halogens is 4. The number of nitrogens with zero attached hydrogens (tertiary/aromatic N) is 2. The Kier molecular flexibility index (Phi) is 3.29. The van der Waals surface area contributed by atoms with Crippen LogP contribution < -0.4 is 9.65 Å². The maximum Gasteiger partial charge on any atom is 0.534 e. The lowest BCUT2D eigenvalue weighted by molar-refractivity contribution is -0.0499. The van der Waals surface area contributed by atoms with Gasteiger partial charge in [0.25, 0.3) is 0 Å². The minimum atomic E-state index is -5.72. The summed E-state index contributed by atoms with van der Waals surface area (Å²) in [5.74, 6) is -0.443. The molecule has 0 saturated heterocycles. The van der Waals surface area contributed by atoms with Gasteiger partial charge in [0.05, 0.1) is 0 Å². The molecule has 0 aliphatic carbocycles. The van der Waals surface area contributed by atoms with Crippen molar-refractivity contribution in [3.05, 3.63) is 22.9 Å². The third kappa shape index (κ3) is 2.57. The van der Waals surface area contributed by atoms with Crippen molar-refractivity contribution in [2.45, 2.75) is 5.51 Å². The van der Waals surface area contributed by atoms with Crippen molar-refractivity contribution in [2.24, 2.45) is 0 Å². The highest BCUT2D eigenvalue weighted by Gasteiger charge is 2.48. The van der Waals surface area contributed by atoms with Crippen molar-refractivity contribution < 1.29 is 25.8 Å². The summed E-state index contributed by atoms with van der Waals surface area (Å²) in [5.41, 5.74) is -4.85. The zero-order valence-electron chi connectivity index (χ0n) is 9.27. The average Bonchev–Trinajstić information content (AvgIpc) is 2.57. The topological polar surface area (TPSA) is 60.7 Å². The third-order valence-electron chi connectivity index (χ3n) is 2.21. The maximum atomic E-state index is 12.3. The summed E-state index contributed by atoms with van der Waals surface area (Å²) >= 11 is 3.03. The molecule has 0 aliphatic heterocycles. The van der Waals surface area contributed by atoms with Crippen LogP contribution in [-0.2, 0) is 10.1 Å². The van der Waals surface area contributed by atoms with Crippen LogP contribution in [0.5, 0.6) is 5.75 Å². The highest BCUT2D eigenvalue weighted by atomic mass is 79.9. The largest absolute Gasteiger partial charge is 0.534 e. The summed E-state index contributed by atoms with van der Waals surface area (Å²) < 4.78 is 64.6. The fraction of sp³-hybridized carbons (Fsp3) is 0.125. The van der Waals surface area contributed by atoms with E-state index < -0.39 is 21.4 Å². The van der Waals surface area contributed by atoms with Crippen molar-refractivity contribution in [3.8, 4) is 5.75 Å². The minimum absolute atomic E-state index is 0.149. The Bertz CT molecular complexity index is 744. The summed E-state index contributed by atoms with van der Waals surface area (Å²) in [6.07, 6.45) is 2.85. The van der Waals surface area contributed by atoms with Crippen molar-refractivity contribution >= 4 is 44.9 Å².